The van der Waals surface area contributed by atoms with Crippen molar-refractivity contribution in [2.45, 2.75) is 19.4 Å². The van der Waals surface area contributed by atoms with E-state index in [0.29, 0.717) is 16.5 Å². The van der Waals surface area contributed by atoms with Crippen LogP contribution in [0.15, 0.2) is 18.2 Å². The molecule has 2 aliphatic heterocycles. The zero-order valence-corrected chi connectivity index (χ0v) is 15.2. The standard InChI is InChI=1S/C17H24N4O3S/c1-12-16(22)20-14-11-13(3-4-15(14)24-12)19-17(25)18-5-2-6-21-7-9-23-10-8-21/h3-4,11-12H,2,5-10H2,1H3,(H,20,22)(H2,18,19,25)/t12-/m1/s1. The predicted octanol–water partition coefficient (Wildman–Crippen LogP) is 1.41. The van der Waals surface area contributed by atoms with Crippen LogP contribution in [0, 0.1) is 0 Å². The summed E-state index contributed by atoms with van der Waals surface area (Å²) >= 11 is 5.33. The maximum Gasteiger partial charge on any atom is 0.265 e. The number of amides is 1. The van der Waals surface area contributed by atoms with Crippen LogP contribution >= 0.6 is 12.2 Å². The lowest BCUT2D eigenvalue weighted by Crippen LogP contribution is -2.38. The monoisotopic (exact) mass is 364 g/mol. The number of morpholine rings is 1. The van der Waals surface area contributed by atoms with E-state index in [-0.39, 0.29) is 5.91 Å². The van der Waals surface area contributed by atoms with Gasteiger partial charge in [-0.1, -0.05) is 0 Å². The van der Waals surface area contributed by atoms with E-state index in [1.165, 1.54) is 0 Å². The molecular formula is C17H24N4O3S. The summed E-state index contributed by atoms with van der Waals surface area (Å²) in [5.74, 6) is 0.524. The number of hydrogen-bond donors (Lipinski definition) is 3. The largest absolute Gasteiger partial charge is 0.479 e. The van der Waals surface area contributed by atoms with Crippen molar-refractivity contribution in [2.24, 2.45) is 0 Å². The first-order valence-electron chi connectivity index (χ1n) is 8.58. The van der Waals surface area contributed by atoms with Crippen molar-refractivity contribution >= 4 is 34.6 Å². The van der Waals surface area contributed by atoms with E-state index in [9.17, 15) is 4.79 Å². The molecule has 0 saturated carbocycles. The summed E-state index contributed by atoms with van der Waals surface area (Å²) in [4.78, 5) is 14.1. The van der Waals surface area contributed by atoms with E-state index in [4.69, 9.17) is 21.7 Å². The molecule has 1 amide bonds. The highest BCUT2D eigenvalue weighted by Gasteiger charge is 2.23. The Morgan fingerprint density at radius 1 is 1.40 bits per heavy atom. The molecule has 8 heteroatoms. The summed E-state index contributed by atoms with van der Waals surface area (Å²) in [7, 11) is 0. The third-order valence-electron chi connectivity index (χ3n) is 4.21. The normalized spacial score (nSPS) is 20.2. The van der Waals surface area contributed by atoms with Crippen LogP contribution in [-0.4, -0.2) is 61.4 Å². The molecule has 0 bridgehead atoms. The van der Waals surface area contributed by atoms with Gasteiger partial charge in [0.25, 0.3) is 5.91 Å². The zero-order valence-electron chi connectivity index (χ0n) is 14.3. The molecule has 0 radical (unpaired) electrons. The molecule has 0 aromatic heterocycles. The lowest BCUT2D eigenvalue weighted by Gasteiger charge is -2.26. The minimum Gasteiger partial charge on any atom is -0.479 e. The summed E-state index contributed by atoms with van der Waals surface area (Å²) in [6.45, 7) is 7.23. The van der Waals surface area contributed by atoms with Crippen LogP contribution in [0.1, 0.15) is 13.3 Å². The molecule has 3 rings (SSSR count). The Bertz CT molecular complexity index is 634. The van der Waals surface area contributed by atoms with Crippen molar-refractivity contribution in [3.63, 3.8) is 0 Å². The number of ether oxygens (including phenoxy) is 2. The maximum absolute atomic E-state index is 11.7. The van der Waals surface area contributed by atoms with E-state index in [0.717, 1.165) is 51.5 Å². The fraction of sp³-hybridized carbons (Fsp3) is 0.529. The van der Waals surface area contributed by atoms with Gasteiger partial charge in [0, 0.05) is 25.3 Å². The first-order chi connectivity index (χ1) is 12.1. The van der Waals surface area contributed by atoms with Gasteiger partial charge in [0.2, 0.25) is 0 Å². The highest BCUT2D eigenvalue weighted by atomic mass is 32.1. The average Bonchev–Trinajstić information content (AvgIpc) is 2.61. The second kappa shape index (κ2) is 8.46. The van der Waals surface area contributed by atoms with Gasteiger partial charge in [-0.3, -0.25) is 9.69 Å². The number of thiocarbonyl (C=S) groups is 1. The summed E-state index contributed by atoms with van der Waals surface area (Å²) in [5, 5.41) is 9.74. The fourth-order valence-corrected chi connectivity index (χ4v) is 3.01. The Hall–Kier alpha value is -1.90. The van der Waals surface area contributed by atoms with Gasteiger partial charge in [-0.15, -0.1) is 0 Å². The second-order valence-corrected chi connectivity index (χ2v) is 6.56. The Morgan fingerprint density at radius 3 is 3.00 bits per heavy atom. The van der Waals surface area contributed by atoms with Crippen molar-refractivity contribution < 1.29 is 14.3 Å². The van der Waals surface area contributed by atoms with Crippen LogP contribution in [0.5, 0.6) is 5.75 Å². The molecule has 7 nitrogen and oxygen atoms in total. The van der Waals surface area contributed by atoms with E-state index in [2.05, 4.69) is 20.9 Å². The molecule has 1 aromatic carbocycles. The van der Waals surface area contributed by atoms with Crippen molar-refractivity contribution in [1.82, 2.24) is 10.2 Å². The van der Waals surface area contributed by atoms with Crippen molar-refractivity contribution in [3.05, 3.63) is 18.2 Å². The first-order valence-corrected chi connectivity index (χ1v) is 8.99. The maximum atomic E-state index is 11.7. The predicted molar refractivity (Wildman–Crippen MR) is 101 cm³/mol. The summed E-state index contributed by atoms with van der Waals surface area (Å²) in [6.07, 6.45) is 0.550. The van der Waals surface area contributed by atoms with Gasteiger partial charge in [0.15, 0.2) is 11.2 Å². The summed E-state index contributed by atoms with van der Waals surface area (Å²) in [5.41, 5.74) is 1.46. The molecule has 0 aliphatic carbocycles. The number of fused-ring (bicyclic) bond motifs is 1. The quantitative estimate of drug-likeness (QED) is 0.539. The highest BCUT2D eigenvalue weighted by Crippen LogP contribution is 2.32. The minimum atomic E-state index is -0.472. The number of anilines is 2. The van der Waals surface area contributed by atoms with Gasteiger partial charge < -0.3 is 25.4 Å². The van der Waals surface area contributed by atoms with Crippen molar-refractivity contribution in [3.8, 4) is 5.75 Å². The smallest absolute Gasteiger partial charge is 0.265 e. The molecule has 0 unspecified atom stereocenters. The summed E-state index contributed by atoms with van der Waals surface area (Å²) in [6, 6.07) is 5.53. The SMILES string of the molecule is C[C@H]1Oc2ccc(NC(=S)NCCCN3CCOCC3)cc2NC1=O. The molecule has 1 saturated heterocycles. The van der Waals surface area contributed by atoms with E-state index in [1.807, 2.05) is 18.2 Å². The lowest BCUT2D eigenvalue weighted by molar-refractivity contribution is -0.122. The van der Waals surface area contributed by atoms with Gasteiger partial charge in [-0.05, 0) is 50.3 Å². The molecule has 1 fully saturated rings. The topological polar surface area (TPSA) is 74.9 Å². The van der Waals surface area contributed by atoms with Crippen molar-refractivity contribution in [2.75, 3.05) is 50.0 Å². The molecule has 25 heavy (non-hydrogen) atoms. The van der Waals surface area contributed by atoms with Crippen LogP contribution in [0.25, 0.3) is 0 Å². The van der Waals surface area contributed by atoms with Crippen LogP contribution in [0.2, 0.25) is 0 Å². The van der Waals surface area contributed by atoms with E-state index in [1.54, 1.807) is 6.92 Å². The Morgan fingerprint density at radius 2 is 2.20 bits per heavy atom. The molecular weight excluding hydrogens is 340 g/mol. The third kappa shape index (κ3) is 5.04. The molecule has 2 heterocycles. The van der Waals surface area contributed by atoms with Gasteiger partial charge in [0.05, 0.1) is 18.9 Å². The zero-order chi connectivity index (χ0) is 17.6. The third-order valence-corrected chi connectivity index (χ3v) is 4.46. The van der Waals surface area contributed by atoms with Gasteiger partial charge in [-0.2, -0.15) is 0 Å². The number of rotatable bonds is 5. The average molecular weight is 364 g/mol. The first kappa shape index (κ1) is 17.9. The van der Waals surface area contributed by atoms with Crippen LogP contribution < -0.4 is 20.7 Å². The Balaban J connectivity index is 1.42. The van der Waals surface area contributed by atoms with Gasteiger partial charge in [0.1, 0.15) is 5.75 Å². The Labute approximate surface area is 153 Å². The molecule has 136 valence electrons. The second-order valence-electron chi connectivity index (χ2n) is 6.15. The van der Waals surface area contributed by atoms with Gasteiger partial charge >= 0.3 is 0 Å². The number of benzene rings is 1. The molecule has 0 spiro atoms. The molecule has 2 aliphatic rings. The minimum absolute atomic E-state index is 0.145. The Kier molecular flexibility index (Phi) is 6.06. The van der Waals surface area contributed by atoms with Crippen LogP contribution in [-0.2, 0) is 9.53 Å². The molecule has 3 N–H and O–H groups in total. The number of carbonyl (C=O) groups excluding carboxylic acids is 1. The number of nitrogens with zero attached hydrogens (tertiary/aromatic N) is 1. The number of nitrogens with one attached hydrogen (secondary N) is 3. The van der Waals surface area contributed by atoms with Gasteiger partial charge in [-0.25, -0.2) is 0 Å². The summed E-state index contributed by atoms with van der Waals surface area (Å²) < 4.78 is 10.9. The number of carbonyl (C=O) groups is 1. The van der Waals surface area contributed by atoms with Crippen LogP contribution in [0.3, 0.4) is 0 Å². The molecule has 1 atom stereocenters. The van der Waals surface area contributed by atoms with Crippen molar-refractivity contribution in [1.29, 1.82) is 0 Å². The number of hydrogen-bond acceptors (Lipinski definition) is 5. The fourth-order valence-electron chi connectivity index (χ4n) is 2.79. The highest BCUT2D eigenvalue weighted by molar-refractivity contribution is 7.80. The van der Waals surface area contributed by atoms with Crippen LogP contribution in [0.4, 0.5) is 11.4 Å². The lowest BCUT2D eigenvalue weighted by atomic mass is 10.2. The van der Waals surface area contributed by atoms with E-state index < -0.39 is 6.10 Å². The van der Waals surface area contributed by atoms with E-state index >= 15 is 0 Å². The molecule has 1 aromatic rings.